The van der Waals surface area contributed by atoms with Crippen molar-refractivity contribution in [1.29, 1.82) is 0 Å². The smallest absolute Gasteiger partial charge is 0.129 e. The maximum Gasteiger partial charge on any atom is 0.129 e. The Morgan fingerprint density at radius 3 is 2.76 bits per heavy atom. The van der Waals surface area contributed by atoms with E-state index in [9.17, 15) is 0 Å². The van der Waals surface area contributed by atoms with Gasteiger partial charge in [-0.25, -0.2) is 9.97 Å². The third-order valence-electron chi connectivity index (χ3n) is 5.06. The fourth-order valence-corrected chi connectivity index (χ4v) is 3.88. The van der Waals surface area contributed by atoms with Gasteiger partial charge in [0, 0.05) is 24.6 Å². The molecule has 0 saturated carbocycles. The molecule has 1 aliphatic rings. The van der Waals surface area contributed by atoms with Crippen LogP contribution in [0.2, 0.25) is 0 Å². The first-order valence-corrected chi connectivity index (χ1v) is 9.33. The van der Waals surface area contributed by atoms with Gasteiger partial charge < -0.3 is 10.3 Å². The van der Waals surface area contributed by atoms with Crippen LogP contribution in [0.4, 0.5) is 0 Å². The molecule has 130 valence electrons. The molecule has 1 aliphatic heterocycles. The van der Waals surface area contributed by atoms with E-state index in [1.165, 1.54) is 11.3 Å². The monoisotopic (exact) mass is 334 g/mol. The predicted octanol–water partition coefficient (Wildman–Crippen LogP) is 4.36. The molecule has 0 aliphatic carbocycles. The molecule has 1 aromatic carbocycles. The van der Waals surface area contributed by atoms with Crippen molar-refractivity contribution in [2.45, 2.75) is 45.1 Å². The summed E-state index contributed by atoms with van der Waals surface area (Å²) >= 11 is 0. The minimum Gasteiger partial charge on any atom is -0.358 e. The SMILES string of the molecule is CC(C)Cc1nc(C2CCNC(c3ccccc3)C2)c2[nH]ccc2n1. The standard InChI is InChI=1S/C21H26N4/c1-14(2)12-19-24-17-9-11-23-21(17)20(25-19)16-8-10-22-18(13-16)15-6-4-3-5-7-15/h3-7,9,11,14,16,18,22-23H,8,10,12-13H2,1-2H3. The summed E-state index contributed by atoms with van der Waals surface area (Å²) in [7, 11) is 0. The lowest BCUT2D eigenvalue weighted by molar-refractivity contribution is 0.365. The molecule has 0 radical (unpaired) electrons. The van der Waals surface area contributed by atoms with Gasteiger partial charge in [0.05, 0.1) is 16.7 Å². The molecule has 3 aromatic rings. The molecule has 4 nitrogen and oxygen atoms in total. The van der Waals surface area contributed by atoms with Gasteiger partial charge in [-0.05, 0) is 36.9 Å². The van der Waals surface area contributed by atoms with Crippen LogP contribution in [0.3, 0.4) is 0 Å². The quantitative estimate of drug-likeness (QED) is 0.745. The number of fused-ring (bicyclic) bond motifs is 1. The number of hydrogen-bond donors (Lipinski definition) is 2. The van der Waals surface area contributed by atoms with E-state index < -0.39 is 0 Å². The minimum absolute atomic E-state index is 0.397. The van der Waals surface area contributed by atoms with Crippen LogP contribution in [-0.4, -0.2) is 21.5 Å². The minimum atomic E-state index is 0.397. The number of H-pyrrole nitrogens is 1. The Labute approximate surface area is 149 Å². The summed E-state index contributed by atoms with van der Waals surface area (Å²) in [5.74, 6) is 2.00. The number of aromatic amines is 1. The van der Waals surface area contributed by atoms with Crippen LogP contribution in [0.25, 0.3) is 11.0 Å². The Bertz CT molecular complexity index is 837. The maximum atomic E-state index is 4.99. The van der Waals surface area contributed by atoms with Crippen LogP contribution in [0, 0.1) is 5.92 Å². The van der Waals surface area contributed by atoms with Crippen molar-refractivity contribution in [3.8, 4) is 0 Å². The summed E-state index contributed by atoms with van der Waals surface area (Å²) in [6, 6.07) is 13.2. The van der Waals surface area contributed by atoms with Crippen molar-refractivity contribution in [2.24, 2.45) is 5.92 Å². The first-order valence-electron chi connectivity index (χ1n) is 9.33. The third-order valence-corrected chi connectivity index (χ3v) is 5.06. The molecule has 0 amide bonds. The van der Waals surface area contributed by atoms with Crippen molar-refractivity contribution in [2.75, 3.05) is 6.54 Å². The summed E-state index contributed by atoms with van der Waals surface area (Å²) in [6.45, 7) is 5.47. The maximum absolute atomic E-state index is 4.99. The molecule has 1 saturated heterocycles. The number of benzene rings is 1. The van der Waals surface area contributed by atoms with E-state index in [0.29, 0.717) is 17.9 Å². The molecule has 2 aromatic heterocycles. The van der Waals surface area contributed by atoms with Gasteiger partial charge >= 0.3 is 0 Å². The number of hydrogen-bond acceptors (Lipinski definition) is 3. The van der Waals surface area contributed by atoms with Gasteiger partial charge in [-0.2, -0.15) is 0 Å². The fraction of sp³-hybridized carbons (Fsp3) is 0.429. The van der Waals surface area contributed by atoms with E-state index in [-0.39, 0.29) is 0 Å². The van der Waals surface area contributed by atoms with Gasteiger partial charge in [0.2, 0.25) is 0 Å². The van der Waals surface area contributed by atoms with E-state index in [1.54, 1.807) is 0 Å². The van der Waals surface area contributed by atoms with Gasteiger partial charge in [0.25, 0.3) is 0 Å². The first-order chi connectivity index (χ1) is 12.2. The Kier molecular flexibility index (Phi) is 4.53. The zero-order valence-electron chi connectivity index (χ0n) is 15.0. The van der Waals surface area contributed by atoms with Crippen LogP contribution < -0.4 is 5.32 Å². The molecule has 0 bridgehead atoms. The zero-order chi connectivity index (χ0) is 17.2. The average Bonchev–Trinajstić information content (AvgIpc) is 3.10. The molecule has 4 heteroatoms. The third kappa shape index (κ3) is 3.45. The van der Waals surface area contributed by atoms with Gasteiger partial charge in [-0.15, -0.1) is 0 Å². The molecule has 2 unspecified atom stereocenters. The highest BCUT2D eigenvalue weighted by molar-refractivity contribution is 5.77. The van der Waals surface area contributed by atoms with Gasteiger partial charge in [0.1, 0.15) is 5.82 Å². The number of nitrogens with one attached hydrogen (secondary N) is 2. The molecule has 0 spiro atoms. The summed E-state index contributed by atoms with van der Waals surface area (Å²) in [5, 5.41) is 3.67. The average molecular weight is 334 g/mol. The zero-order valence-corrected chi connectivity index (χ0v) is 15.0. The van der Waals surface area contributed by atoms with Gasteiger partial charge in [-0.3, -0.25) is 0 Å². The fourth-order valence-electron chi connectivity index (χ4n) is 3.88. The molecule has 25 heavy (non-hydrogen) atoms. The topological polar surface area (TPSA) is 53.6 Å². The Morgan fingerprint density at radius 1 is 1.12 bits per heavy atom. The molecule has 2 N–H and O–H groups in total. The van der Waals surface area contributed by atoms with E-state index >= 15 is 0 Å². The van der Waals surface area contributed by atoms with E-state index in [1.807, 2.05) is 6.20 Å². The highest BCUT2D eigenvalue weighted by atomic mass is 15.0. The van der Waals surface area contributed by atoms with Crippen LogP contribution in [0.1, 0.15) is 55.7 Å². The van der Waals surface area contributed by atoms with Crippen molar-refractivity contribution in [3.63, 3.8) is 0 Å². The molecule has 4 rings (SSSR count). The highest BCUT2D eigenvalue weighted by Gasteiger charge is 2.27. The van der Waals surface area contributed by atoms with Crippen LogP contribution in [0.15, 0.2) is 42.6 Å². The van der Waals surface area contributed by atoms with Crippen molar-refractivity contribution >= 4 is 11.0 Å². The summed E-state index contributed by atoms with van der Waals surface area (Å²) in [6.07, 6.45) is 5.12. The summed E-state index contributed by atoms with van der Waals surface area (Å²) in [5.41, 5.74) is 4.74. The normalized spacial score (nSPS) is 21.1. The first kappa shape index (κ1) is 16.3. The highest BCUT2D eigenvalue weighted by Crippen LogP contribution is 2.35. The molecule has 1 fully saturated rings. The molecular weight excluding hydrogens is 308 g/mol. The number of nitrogens with zero attached hydrogens (tertiary/aromatic N) is 2. The lowest BCUT2D eigenvalue weighted by atomic mass is 9.86. The van der Waals surface area contributed by atoms with Crippen molar-refractivity contribution in [3.05, 3.63) is 59.7 Å². The second-order valence-electron chi connectivity index (χ2n) is 7.50. The largest absolute Gasteiger partial charge is 0.358 e. The van der Waals surface area contributed by atoms with Crippen LogP contribution >= 0.6 is 0 Å². The van der Waals surface area contributed by atoms with Crippen LogP contribution in [-0.2, 0) is 6.42 Å². The van der Waals surface area contributed by atoms with Crippen molar-refractivity contribution < 1.29 is 0 Å². The number of aromatic nitrogens is 3. The van der Waals surface area contributed by atoms with Gasteiger partial charge in [-0.1, -0.05) is 44.2 Å². The second kappa shape index (κ2) is 6.96. The molecule has 2 atom stereocenters. The second-order valence-corrected chi connectivity index (χ2v) is 7.50. The number of piperidine rings is 1. The van der Waals surface area contributed by atoms with E-state index in [0.717, 1.165) is 42.7 Å². The Balaban J connectivity index is 1.67. The van der Waals surface area contributed by atoms with E-state index in [4.69, 9.17) is 9.97 Å². The van der Waals surface area contributed by atoms with Crippen molar-refractivity contribution in [1.82, 2.24) is 20.3 Å². The molecule has 3 heterocycles. The molecular formula is C21H26N4. The lowest BCUT2D eigenvalue weighted by Gasteiger charge is -2.30. The van der Waals surface area contributed by atoms with Crippen LogP contribution in [0.5, 0.6) is 0 Å². The lowest BCUT2D eigenvalue weighted by Crippen LogP contribution is -2.31. The summed E-state index contributed by atoms with van der Waals surface area (Å²) in [4.78, 5) is 13.1. The Hall–Kier alpha value is -2.20. The summed E-state index contributed by atoms with van der Waals surface area (Å²) < 4.78 is 0. The van der Waals surface area contributed by atoms with E-state index in [2.05, 4.69) is 60.5 Å². The Morgan fingerprint density at radius 2 is 1.96 bits per heavy atom. The number of rotatable bonds is 4. The van der Waals surface area contributed by atoms with Gasteiger partial charge in [0.15, 0.2) is 0 Å². The predicted molar refractivity (Wildman–Crippen MR) is 102 cm³/mol.